The van der Waals surface area contributed by atoms with E-state index in [2.05, 4.69) is 0 Å². The summed E-state index contributed by atoms with van der Waals surface area (Å²) in [6.45, 7) is 1.92. The Bertz CT molecular complexity index is 2250. The summed E-state index contributed by atoms with van der Waals surface area (Å²) in [5, 5.41) is 0.699. The Labute approximate surface area is 262 Å². The van der Waals surface area contributed by atoms with Crippen molar-refractivity contribution < 1.29 is 17.6 Å². The molecule has 0 aliphatic heterocycles. The molecule has 220 valence electrons. The van der Waals surface area contributed by atoms with Crippen LogP contribution in [0.5, 0.6) is 0 Å². The van der Waals surface area contributed by atoms with Gasteiger partial charge in [0.1, 0.15) is 11.5 Å². The minimum atomic E-state index is -3.97. The molecule has 0 saturated carbocycles. The summed E-state index contributed by atoms with van der Waals surface area (Å²) in [5.74, 6) is 0.823. The van der Waals surface area contributed by atoms with E-state index in [4.69, 9.17) is 4.42 Å². The molecule has 2 heterocycles. The van der Waals surface area contributed by atoms with E-state index in [1.165, 1.54) is 3.97 Å². The first-order valence-corrected chi connectivity index (χ1v) is 16.1. The maximum atomic E-state index is 14.5. The number of furan rings is 1. The van der Waals surface area contributed by atoms with Crippen LogP contribution in [0.2, 0.25) is 0 Å². The minimum absolute atomic E-state index is 0.183. The fraction of sp³-hybridized carbons (Fsp3) is 0.0513. The number of rotatable bonds is 8. The maximum absolute atomic E-state index is 14.5. The second-order valence-corrected chi connectivity index (χ2v) is 12.8. The Morgan fingerprint density at radius 2 is 1.31 bits per heavy atom. The molecule has 0 N–H and O–H groups in total. The van der Waals surface area contributed by atoms with Gasteiger partial charge in [-0.15, -0.1) is 0 Å². The summed E-state index contributed by atoms with van der Waals surface area (Å²) >= 11 is 0. The summed E-state index contributed by atoms with van der Waals surface area (Å²) in [7, 11) is -3.97. The van der Waals surface area contributed by atoms with Crippen molar-refractivity contribution in [3.63, 3.8) is 0 Å². The highest BCUT2D eigenvalue weighted by atomic mass is 32.2. The molecule has 2 aromatic heterocycles. The average Bonchev–Trinajstić information content (AvgIpc) is 3.65. The topological polar surface area (TPSA) is 69.3 Å². The number of carbonyl (C=O) groups excluding carboxylic acids is 1. The fourth-order valence-corrected chi connectivity index (χ4v) is 7.15. The number of ketones is 1. The molecule has 0 unspecified atom stereocenters. The smallest absolute Gasteiger partial charge is 0.268 e. The molecule has 7 aromatic rings. The van der Waals surface area contributed by atoms with Crippen LogP contribution in [-0.4, -0.2) is 18.2 Å². The summed E-state index contributed by atoms with van der Waals surface area (Å²) < 4.78 is 36.3. The molecule has 0 saturated heterocycles. The molecule has 0 atom stereocenters. The predicted octanol–water partition coefficient (Wildman–Crippen LogP) is 8.94. The molecule has 6 heteroatoms. The summed E-state index contributed by atoms with van der Waals surface area (Å²) in [5.41, 5.74) is 5.34. The molecule has 0 spiro atoms. The molecule has 0 aliphatic carbocycles. The third kappa shape index (κ3) is 5.19. The van der Waals surface area contributed by atoms with E-state index in [-0.39, 0.29) is 10.7 Å². The van der Waals surface area contributed by atoms with Crippen LogP contribution in [0.3, 0.4) is 0 Å². The fourth-order valence-electron chi connectivity index (χ4n) is 5.78. The van der Waals surface area contributed by atoms with Crippen LogP contribution in [0.15, 0.2) is 155 Å². The van der Waals surface area contributed by atoms with Crippen LogP contribution in [0, 0.1) is 6.92 Å². The van der Waals surface area contributed by atoms with Gasteiger partial charge in [0.05, 0.1) is 16.0 Å². The average molecular weight is 608 g/mol. The normalized spacial score (nSPS) is 11.6. The molecule has 0 bridgehead atoms. The Hall–Kier alpha value is -5.46. The van der Waals surface area contributed by atoms with Crippen molar-refractivity contribution in [2.45, 2.75) is 18.2 Å². The lowest BCUT2D eigenvalue weighted by molar-refractivity contribution is 0.103. The Kier molecular flexibility index (Phi) is 7.28. The third-order valence-corrected chi connectivity index (χ3v) is 9.70. The van der Waals surface area contributed by atoms with Gasteiger partial charge in [0.15, 0.2) is 5.78 Å². The molecule has 5 nitrogen and oxygen atoms in total. The summed E-state index contributed by atoms with van der Waals surface area (Å²) in [6.07, 6.45) is 2.04. The van der Waals surface area contributed by atoms with Gasteiger partial charge >= 0.3 is 0 Å². The molecule has 0 fully saturated rings. The summed E-state index contributed by atoms with van der Waals surface area (Å²) in [4.78, 5) is 14.7. The highest BCUT2D eigenvalue weighted by Gasteiger charge is 2.31. The molecule has 0 radical (unpaired) electrons. The summed E-state index contributed by atoms with van der Waals surface area (Å²) in [6, 6.07) is 42.8. The molecule has 45 heavy (non-hydrogen) atoms. The van der Waals surface area contributed by atoms with Gasteiger partial charge < -0.3 is 4.42 Å². The van der Waals surface area contributed by atoms with Gasteiger partial charge in [-0.1, -0.05) is 127 Å². The highest BCUT2D eigenvalue weighted by Crippen LogP contribution is 2.44. The lowest BCUT2D eigenvalue weighted by atomic mass is 9.91. The van der Waals surface area contributed by atoms with Crippen LogP contribution in [0.4, 0.5) is 0 Å². The van der Waals surface area contributed by atoms with Crippen molar-refractivity contribution in [3.8, 4) is 22.5 Å². The van der Waals surface area contributed by atoms with Gasteiger partial charge in [0.25, 0.3) is 10.0 Å². The zero-order valence-electron chi connectivity index (χ0n) is 24.6. The number of fused-ring (bicyclic) bond motifs is 1. The van der Waals surface area contributed by atoms with Gasteiger partial charge in [-0.2, -0.15) is 0 Å². The maximum Gasteiger partial charge on any atom is 0.268 e. The van der Waals surface area contributed by atoms with Crippen molar-refractivity contribution in [2.24, 2.45) is 0 Å². The van der Waals surface area contributed by atoms with E-state index < -0.39 is 10.0 Å². The van der Waals surface area contributed by atoms with Crippen molar-refractivity contribution in [3.05, 3.63) is 174 Å². The number of para-hydroxylation sites is 1. The Morgan fingerprint density at radius 1 is 0.711 bits per heavy atom. The van der Waals surface area contributed by atoms with Crippen molar-refractivity contribution in [1.82, 2.24) is 3.97 Å². The monoisotopic (exact) mass is 607 g/mol. The zero-order valence-corrected chi connectivity index (χ0v) is 25.4. The first-order valence-electron chi connectivity index (χ1n) is 14.7. The van der Waals surface area contributed by atoms with Crippen LogP contribution in [0.25, 0.3) is 33.4 Å². The van der Waals surface area contributed by atoms with E-state index in [0.29, 0.717) is 51.1 Å². The van der Waals surface area contributed by atoms with Crippen molar-refractivity contribution >= 4 is 26.7 Å². The van der Waals surface area contributed by atoms with E-state index >= 15 is 0 Å². The Morgan fingerprint density at radius 3 is 2.00 bits per heavy atom. The molecule has 0 aliphatic rings. The number of nitrogens with zero attached hydrogens (tertiary/aromatic N) is 1. The van der Waals surface area contributed by atoms with Crippen LogP contribution in [-0.2, 0) is 16.4 Å². The minimum Gasteiger partial charge on any atom is -0.459 e. The molecule has 7 rings (SSSR count). The molecule has 5 aromatic carbocycles. The number of carbonyl (C=O) groups is 1. The van der Waals surface area contributed by atoms with E-state index in [9.17, 15) is 13.2 Å². The SMILES string of the molecule is Cc1ccc(S(=O)(=O)n2cc(-c3c(Cc4ccccc4)oc(-c4ccccc4)c3C(=O)c3ccccc3)c3ccccc32)cc1. The van der Waals surface area contributed by atoms with Crippen LogP contribution < -0.4 is 0 Å². The Balaban J connectivity index is 1.55. The zero-order chi connectivity index (χ0) is 31.0. The van der Waals surface area contributed by atoms with Crippen molar-refractivity contribution in [2.75, 3.05) is 0 Å². The lowest BCUT2D eigenvalue weighted by Gasteiger charge is -2.08. The number of benzene rings is 5. The number of aromatic nitrogens is 1. The van der Waals surface area contributed by atoms with Gasteiger partial charge in [-0.05, 0) is 30.7 Å². The van der Waals surface area contributed by atoms with E-state index in [0.717, 1.165) is 16.7 Å². The van der Waals surface area contributed by atoms with E-state index in [1.807, 2.05) is 104 Å². The molecule has 0 amide bonds. The first-order chi connectivity index (χ1) is 21.9. The first kappa shape index (κ1) is 28.3. The van der Waals surface area contributed by atoms with E-state index in [1.54, 1.807) is 48.7 Å². The van der Waals surface area contributed by atoms with Crippen LogP contribution >= 0.6 is 0 Å². The van der Waals surface area contributed by atoms with Crippen molar-refractivity contribution in [1.29, 1.82) is 0 Å². The molecular weight excluding hydrogens is 578 g/mol. The second-order valence-electron chi connectivity index (χ2n) is 11.0. The number of hydrogen-bond acceptors (Lipinski definition) is 4. The quantitative estimate of drug-likeness (QED) is 0.162. The second kappa shape index (κ2) is 11.6. The number of aryl methyl sites for hydroxylation is 1. The number of hydrogen-bond donors (Lipinski definition) is 0. The third-order valence-electron chi connectivity index (χ3n) is 8.01. The highest BCUT2D eigenvalue weighted by molar-refractivity contribution is 7.90. The predicted molar refractivity (Wildman–Crippen MR) is 178 cm³/mol. The van der Waals surface area contributed by atoms with Gasteiger partial charge in [-0.25, -0.2) is 12.4 Å². The standard InChI is InChI=1S/C39H29NO4S/c1-27-21-23-31(24-22-27)45(42,43)40-26-33(32-19-11-12-20-34(32)40)36-35(25-28-13-5-2-6-14-28)44-39(30-17-9-4-10-18-30)37(36)38(41)29-15-7-3-8-16-29/h2-24,26H,25H2,1H3. The van der Waals surface area contributed by atoms with Gasteiger partial charge in [0.2, 0.25) is 0 Å². The lowest BCUT2D eigenvalue weighted by Crippen LogP contribution is -2.11. The molecular formula is C39H29NO4S. The van der Waals surface area contributed by atoms with Gasteiger partial charge in [-0.3, -0.25) is 4.79 Å². The van der Waals surface area contributed by atoms with Gasteiger partial charge in [0, 0.05) is 40.3 Å². The largest absolute Gasteiger partial charge is 0.459 e. The van der Waals surface area contributed by atoms with Crippen LogP contribution in [0.1, 0.15) is 32.8 Å².